The van der Waals surface area contributed by atoms with Crippen LogP contribution in [-0.2, 0) is 0 Å². The van der Waals surface area contributed by atoms with E-state index in [0.717, 1.165) is 30.8 Å². The molecule has 1 aromatic heterocycles. The van der Waals surface area contributed by atoms with E-state index in [-0.39, 0.29) is 11.6 Å². The topological polar surface area (TPSA) is 19.4 Å². The van der Waals surface area contributed by atoms with Crippen molar-refractivity contribution in [1.82, 2.24) is 4.98 Å². The molecule has 0 spiro atoms. The summed E-state index contributed by atoms with van der Waals surface area (Å²) in [6, 6.07) is 31.0. The predicted molar refractivity (Wildman–Crippen MR) is 156 cm³/mol. The summed E-state index contributed by atoms with van der Waals surface area (Å²) in [6.07, 6.45) is 3.51. The molecule has 6 rings (SSSR count). The molecule has 0 aliphatic carbocycles. The molecule has 0 amide bonds. The van der Waals surface area contributed by atoms with Gasteiger partial charge in [-0.05, 0) is 80.0 Å². The molecule has 0 fully saturated rings. The normalized spacial score (nSPS) is 19.4. The van der Waals surface area contributed by atoms with Gasteiger partial charge in [0, 0.05) is 22.4 Å². The molecule has 0 saturated carbocycles. The molecule has 3 heterocycles. The van der Waals surface area contributed by atoms with Crippen LogP contribution in [0.5, 0.6) is 0 Å². The molecule has 2 unspecified atom stereocenters. The monoisotopic (exact) mass is 487 g/mol. The molecule has 0 bridgehead atoms. The highest BCUT2D eigenvalue weighted by Crippen LogP contribution is 2.63. The van der Waals surface area contributed by atoms with E-state index in [1.165, 1.54) is 39.3 Å². The Bertz CT molecular complexity index is 1450. The zero-order valence-corrected chi connectivity index (χ0v) is 22.7. The van der Waals surface area contributed by atoms with Gasteiger partial charge in [0.15, 0.2) is 5.82 Å². The van der Waals surface area contributed by atoms with Gasteiger partial charge < -0.3 is 9.80 Å². The Morgan fingerprint density at radius 2 is 1.32 bits per heavy atom. The van der Waals surface area contributed by atoms with E-state index in [2.05, 4.69) is 129 Å². The zero-order valence-electron chi connectivity index (χ0n) is 22.7. The molecular weight excluding hydrogens is 450 g/mol. The number of para-hydroxylation sites is 2. The number of anilines is 4. The highest BCUT2D eigenvalue weighted by atomic mass is 15.5. The molecule has 0 N–H and O–H groups in total. The molecule has 188 valence electrons. The SMILES string of the molecule is CCC1c2ccccc2N2c3nc(-c4ccccc4C)ccc3N(c3ccccc3C)C2C1(CC)CC. The molecule has 3 aromatic carbocycles. The van der Waals surface area contributed by atoms with E-state index < -0.39 is 0 Å². The van der Waals surface area contributed by atoms with E-state index in [1.807, 2.05) is 0 Å². The maximum atomic E-state index is 5.44. The van der Waals surface area contributed by atoms with Crippen molar-refractivity contribution in [3.63, 3.8) is 0 Å². The van der Waals surface area contributed by atoms with Crippen LogP contribution >= 0.6 is 0 Å². The van der Waals surface area contributed by atoms with Crippen LogP contribution in [0.3, 0.4) is 0 Å². The largest absolute Gasteiger partial charge is 0.316 e. The summed E-state index contributed by atoms with van der Waals surface area (Å²) >= 11 is 0. The molecule has 2 aliphatic rings. The molecule has 4 aromatic rings. The number of rotatable bonds is 5. The van der Waals surface area contributed by atoms with Gasteiger partial charge in [0.05, 0.1) is 11.4 Å². The third-order valence-corrected chi connectivity index (χ3v) is 9.13. The van der Waals surface area contributed by atoms with Crippen LogP contribution in [-0.4, -0.2) is 11.1 Å². The summed E-state index contributed by atoms with van der Waals surface area (Å²) in [6.45, 7) is 11.6. The first-order valence-electron chi connectivity index (χ1n) is 13.9. The Labute approximate surface area is 221 Å². The lowest BCUT2D eigenvalue weighted by molar-refractivity contribution is 0.143. The van der Waals surface area contributed by atoms with Crippen molar-refractivity contribution in [3.8, 4) is 11.3 Å². The van der Waals surface area contributed by atoms with Gasteiger partial charge in [0.25, 0.3) is 0 Å². The minimum atomic E-state index is 0.0783. The van der Waals surface area contributed by atoms with Crippen LogP contribution in [0.2, 0.25) is 0 Å². The van der Waals surface area contributed by atoms with Crippen molar-refractivity contribution < 1.29 is 0 Å². The van der Waals surface area contributed by atoms with E-state index in [1.54, 1.807) is 0 Å². The smallest absolute Gasteiger partial charge is 0.159 e. The standard InChI is InChI=1S/C34H37N3/c1-6-27-26-18-12-14-20-30(26)37-32-31(22-21-28(35-32)25-17-11-9-15-23(25)4)36(29-19-13-10-16-24(29)5)33(37)34(27,7-2)8-3/h9-22,27,33H,6-8H2,1-5H3. The van der Waals surface area contributed by atoms with Gasteiger partial charge in [-0.1, -0.05) is 81.4 Å². The summed E-state index contributed by atoms with van der Waals surface area (Å²) in [7, 11) is 0. The number of hydrogen-bond acceptors (Lipinski definition) is 3. The second kappa shape index (κ2) is 9.06. The van der Waals surface area contributed by atoms with Crippen molar-refractivity contribution in [1.29, 1.82) is 0 Å². The Hall–Kier alpha value is -3.59. The lowest BCUT2D eigenvalue weighted by Gasteiger charge is -2.55. The Morgan fingerprint density at radius 1 is 0.676 bits per heavy atom. The van der Waals surface area contributed by atoms with E-state index in [0.29, 0.717) is 5.92 Å². The molecule has 2 atom stereocenters. The first-order chi connectivity index (χ1) is 18.1. The second-order valence-electron chi connectivity index (χ2n) is 10.7. The number of aryl methyl sites for hydroxylation is 2. The summed E-state index contributed by atoms with van der Waals surface area (Å²) in [4.78, 5) is 10.6. The Kier molecular flexibility index (Phi) is 5.82. The van der Waals surface area contributed by atoms with Gasteiger partial charge >= 0.3 is 0 Å². The molecule has 3 heteroatoms. The maximum Gasteiger partial charge on any atom is 0.159 e. The summed E-state index contributed by atoms with van der Waals surface area (Å²) in [5.41, 5.74) is 10.1. The third-order valence-electron chi connectivity index (χ3n) is 9.13. The quantitative estimate of drug-likeness (QED) is 0.279. The summed E-state index contributed by atoms with van der Waals surface area (Å²) in [5.74, 6) is 1.55. The van der Waals surface area contributed by atoms with Gasteiger partial charge in [-0.3, -0.25) is 0 Å². The number of fused-ring (bicyclic) bond motifs is 5. The van der Waals surface area contributed by atoms with Crippen LogP contribution in [0.15, 0.2) is 84.9 Å². The highest BCUT2D eigenvalue weighted by molar-refractivity contribution is 5.90. The summed E-state index contributed by atoms with van der Waals surface area (Å²) in [5, 5.41) is 0. The van der Waals surface area contributed by atoms with Crippen LogP contribution in [0.25, 0.3) is 11.3 Å². The second-order valence-corrected chi connectivity index (χ2v) is 10.7. The number of benzene rings is 3. The maximum absolute atomic E-state index is 5.44. The van der Waals surface area contributed by atoms with Crippen molar-refractivity contribution in [3.05, 3.63) is 102 Å². The van der Waals surface area contributed by atoms with Crippen LogP contribution < -0.4 is 9.80 Å². The van der Waals surface area contributed by atoms with Crippen molar-refractivity contribution in [2.75, 3.05) is 9.80 Å². The molecule has 0 saturated heterocycles. The zero-order chi connectivity index (χ0) is 25.7. The average molecular weight is 488 g/mol. The van der Waals surface area contributed by atoms with Crippen molar-refractivity contribution >= 4 is 22.9 Å². The number of nitrogens with zero attached hydrogens (tertiary/aromatic N) is 3. The Balaban J connectivity index is 1.68. The van der Waals surface area contributed by atoms with Crippen LogP contribution in [0.1, 0.15) is 62.6 Å². The van der Waals surface area contributed by atoms with E-state index in [9.17, 15) is 0 Å². The van der Waals surface area contributed by atoms with Gasteiger partial charge in [0.2, 0.25) is 0 Å². The molecule has 0 radical (unpaired) electrons. The minimum Gasteiger partial charge on any atom is -0.316 e. The third kappa shape index (κ3) is 3.36. The predicted octanol–water partition coefficient (Wildman–Crippen LogP) is 9.29. The van der Waals surface area contributed by atoms with Gasteiger partial charge in [-0.15, -0.1) is 0 Å². The Morgan fingerprint density at radius 3 is 2.00 bits per heavy atom. The first kappa shape index (κ1) is 23.8. The van der Waals surface area contributed by atoms with Crippen molar-refractivity contribution in [2.45, 2.75) is 66.0 Å². The number of pyridine rings is 1. The molecule has 37 heavy (non-hydrogen) atoms. The summed E-state index contributed by atoms with van der Waals surface area (Å²) < 4.78 is 0. The molecular formula is C34H37N3. The van der Waals surface area contributed by atoms with E-state index in [4.69, 9.17) is 4.98 Å². The lowest BCUT2D eigenvalue weighted by atomic mass is 9.62. The number of aromatic nitrogens is 1. The van der Waals surface area contributed by atoms with Gasteiger partial charge in [0.1, 0.15) is 6.17 Å². The fourth-order valence-electron chi connectivity index (χ4n) is 7.26. The van der Waals surface area contributed by atoms with Crippen molar-refractivity contribution in [2.24, 2.45) is 5.41 Å². The average Bonchev–Trinajstić information content (AvgIpc) is 3.27. The lowest BCUT2D eigenvalue weighted by Crippen LogP contribution is -2.57. The van der Waals surface area contributed by atoms with Gasteiger partial charge in [-0.2, -0.15) is 0 Å². The fourth-order valence-corrected chi connectivity index (χ4v) is 7.26. The first-order valence-corrected chi connectivity index (χ1v) is 13.9. The minimum absolute atomic E-state index is 0.0783. The number of hydrogen-bond donors (Lipinski definition) is 0. The highest BCUT2D eigenvalue weighted by Gasteiger charge is 2.57. The fraction of sp³-hybridized carbons (Fsp3) is 0.324. The van der Waals surface area contributed by atoms with Gasteiger partial charge in [-0.25, -0.2) is 4.98 Å². The van der Waals surface area contributed by atoms with Crippen LogP contribution in [0, 0.1) is 19.3 Å². The van der Waals surface area contributed by atoms with Crippen LogP contribution in [0.4, 0.5) is 22.9 Å². The molecule has 3 nitrogen and oxygen atoms in total. The molecule has 2 aliphatic heterocycles. The van der Waals surface area contributed by atoms with E-state index >= 15 is 0 Å².